The minimum atomic E-state index is -0.333. The number of hydrogen-bond donors (Lipinski definition) is 1. The maximum absolute atomic E-state index is 12.5. The van der Waals surface area contributed by atoms with E-state index in [4.69, 9.17) is 11.6 Å². The number of benzene rings is 1. The molecule has 1 aliphatic heterocycles. The van der Waals surface area contributed by atoms with Crippen LogP contribution < -0.4 is 5.32 Å². The number of hydrogen-bond acceptors (Lipinski definition) is 2. The molecular weight excluding hydrogens is 300 g/mol. The lowest BCUT2D eigenvalue weighted by Gasteiger charge is -2.34. The zero-order valence-electron chi connectivity index (χ0n) is 13.2. The van der Waals surface area contributed by atoms with E-state index in [1.165, 1.54) is 0 Å². The standard InChI is InChI=1S/C17H23ClN2O2/c1-3-16(21)20-9-5-4-6-15(20)17(22)19-11-13-10-14(18)8-7-12(13)2/h7-8,10,15H,3-6,9,11H2,1-2H3,(H,19,22). The first kappa shape index (κ1) is 16.8. The van der Waals surface area contributed by atoms with Gasteiger partial charge in [-0.05, 0) is 49.4 Å². The second-order valence-electron chi connectivity index (χ2n) is 5.74. The summed E-state index contributed by atoms with van der Waals surface area (Å²) in [4.78, 5) is 26.2. The smallest absolute Gasteiger partial charge is 0.243 e. The van der Waals surface area contributed by atoms with Crippen LogP contribution in [-0.4, -0.2) is 29.3 Å². The van der Waals surface area contributed by atoms with Gasteiger partial charge in [0.15, 0.2) is 0 Å². The van der Waals surface area contributed by atoms with Crippen LogP contribution in [0.15, 0.2) is 18.2 Å². The molecule has 0 aliphatic carbocycles. The van der Waals surface area contributed by atoms with Crippen LogP contribution in [0.4, 0.5) is 0 Å². The molecule has 0 spiro atoms. The Hall–Kier alpha value is -1.55. The number of carbonyl (C=O) groups excluding carboxylic acids is 2. The highest BCUT2D eigenvalue weighted by Gasteiger charge is 2.31. The molecule has 0 bridgehead atoms. The summed E-state index contributed by atoms with van der Waals surface area (Å²) in [6.07, 6.45) is 3.15. The molecule has 0 radical (unpaired) electrons. The fourth-order valence-electron chi connectivity index (χ4n) is 2.84. The van der Waals surface area contributed by atoms with E-state index in [0.717, 1.165) is 30.4 Å². The van der Waals surface area contributed by atoms with Crippen molar-refractivity contribution in [2.75, 3.05) is 6.54 Å². The number of piperidine rings is 1. The van der Waals surface area contributed by atoms with Crippen LogP contribution in [0.25, 0.3) is 0 Å². The molecule has 1 fully saturated rings. The Bertz CT molecular complexity index is 560. The minimum absolute atomic E-state index is 0.0544. The van der Waals surface area contributed by atoms with E-state index in [9.17, 15) is 9.59 Å². The van der Waals surface area contributed by atoms with Crippen LogP contribution in [0.3, 0.4) is 0 Å². The van der Waals surface area contributed by atoms with E-state index >= 15 is 0 Å². The van der Waals surface area contributed by atoms with Crippen LogP contribution in [0.5, 0.6) is 0 Å². The molecule has 22 heavy (non-hydrogen) atoms. The Kier molecular flexibility index (Phi) is 5.83. The van der Waals surface area contributed by atoms with Crippen LogP contribution in [0, 0.1) is 6.92 Å². The maximum atomic E-state index is 12.5. The summed E-state index contributed by atoms with van der Waals surface area (Å²) in [6.45, 7) is 4.95. The largest absolute Gasteiger partial charge is 0.350 e. The predicted octanol–water partition coefficient (Wildman–Crippen LogP) is 3.06. The van der Waals surface area contributed by atoms with E-state index in [1.54, 1.807) is 4.90 Å². The van der Waals surface area contributed by atoms with Crippen LogP contribution in [0.2, 0.25) is 5.02 Å². The zero-order valence-corrected chi connectivity index (χ0v) is 13.9. The quantitative estimate of drug-likeness (QED) is 0.926. The lowest BCUT2D eigenvalue weighted by molar-refractivity contribution is -0.142. The number of likely N-dealkylation sites (tertiary alicyclic amines) is 1. The molecule has 2 amide bonds. The number of rotatable bonds is 4. The van der Waals surface area contributed by atoms with Gasteiger partial charge in [0, 0.05) is 24.5 Å². The van der Waals surface area contributed by atoms with Crippen molar-refractivity contribution in [3.8, 4) is 0 Å². The van der Waals surface area contributed by atoms with Gasteiger partial charge >= 0.3 is 0 Å². The molecule has 4 nitrogen and oxygen atoms in total. The molecule has 0 aromatic heterocycles. The third-order valence-electron chi connectivity index (χ3n) is 4.19. The van der Waals surface area contributed by atoms with Gasteiger partial charge in [0.1, 0.15) is 6.04 Å². The Balaban J connectivity index is 2.01. The van der Waals surface area contributed by atoms with Gasteiger partial charge < -0.3 is 10.2 Å². The molecule has 1 aliphatic rings. The van der Waals surface area contributed by atoms with Gasteiger partial charge in [-0.3, -0.25) is 9.59 Å². The number of halogens is 1. The lowest BCUT2D eigenvalue weighted by Crippen LogP contribution is -2.51. The molecule has 1 unspecified atom stereocenters. The molecule has 120 valence electrons. The van der Waals surface area contributed by atoms with Crippen molar-refractivity contribution < 1.29 is 9.59 Å². The van der Waals surface area contributed by atoms with E-state index < -0.39 is 0 Å². The van der Waals surface area contributed by atoms with Gasteiger partial charge in [-0.25, -0.2) is 0 Å². The zero-order chi connectivity index (χ0) is 16.1. The summed E-state index contributed by atoms with van der Waals surface area (Å²) < 4.78 is 0. The van der Waals surface area contributed by atoms with E-state index in [0.29, 0.717) is 24.5 Å². The molecule has 1 aromatic rings. The normalized spacial score (nSPS) is 18.1. The fraction of sp³-hybridized carbons (Fsp3) is 0.529. The summed E-state index contributed by atoms with van der Waals surface area (Å²) in [5.74, 6) is -0.0142. The number of amides is 2. The van der Waals surface area contributed by atoms with Crippen molar-refractivity contribution in [2.45, 2.75) is 52.1 Å². The first-order valence-electron chi connectivity index (χ1n) is 7.85. The van der Waals surface area contributed by atoms with Gasteiger partial charge in [0.05, 0.1) is 0 Å². The van der Waals surface area contributed by atoms with Crippen LogP contribution in [-0.2, 0) is 16.1 Å². The molecule has 5 heteroatoms. The van der Waals surface area contributed by atoms with Gasteiger partial charge in [-0.15, -0.1) is 0 Å². The maximum Gasteiger partial charge on any atom is 0.243 e. The highest BCUT2D eigenvalue weighted by atomic mass is 35.5. The number of nitrogens with zero attached hydrogens (tertiary/aromatic N) is 1. The molecule has 1 saturated heterocycles. The molecule has 1 heterocycles. The van der Waals surface area contributed by atoms with E-state index in [1.807, 2.05) is 32.0 Å². The monoisotopic (exact) mass is 322 g/mol. The highest BCUT2D eigenvalue weighted by molar-refractivity contribution is 6.30. The van der Waals surface area contributed by atoms with Crippen LogP contribution in [0.1, 0.15) is 43.7 Å². The molecule has 1 N–H and O–H groups in total. The summed E-state index contributed by atoms with van der Waals surface area (Å²) >= 11 is 6.00. The lowest BCUT2D eigenvalue weighted by atomic mass is 10.0. The van der Waals surface area contributed by atoms with Crippen molar-refractivity contribution in [1.82, 2.24) is 10.2 Å². The van der Waals surface area contributed by atoms with Crippen molar-refractivity contribution in [3.63, 3.8) is 0 Å². The summed E-state index contributed by atoms with van der Waals surface area (Å²) in [5, 5.41) is 3.62. The topological polar surface area (TPSA) is 49.4 Å². The molecule has 2 rings (SSSR count). The minimum Gasteiger partial charge on any atom is -0.350 e. The Labute approximate surface area is 136 Å². The van der Waals surface area contributed by atoms with Crippen LogP contribution >= 0.6 is 11.6 Å². The van der Waals surface area contributed by atoms with E-state index in [2.05, 4.69) is 5.32 Å². The van der Waals surface area contributed by atoms with Crippen molar-refractivity contribution in [2.24, 2.45) is 0 Å². The summed E-state index contributed by atoms with van der Waals surface area (Å²) in [7, 11) is 0. The average molecular weight is 323 g/mol. The van der Waals surface area contributed by atoms with Gasteiger partial charge in [0.25, 0.3) is 0 Å². The van der Waals surface area contributed by atoms with Crippen molar-refractivity contribution in [3.05, 3.63) is 34.3 Å². The SMILES string of the molecule is CCC(=O)N1CCCCC1C(=O)NCc1cc(Cl)ccc1C. The van der Waals surface area contributed by atoms with Crippen molar-refractivity contribution in [1.29, 1.82) is 0 Å². The third-order valence-corrected chi connectivity index (χ3v) is 4.43. The van der Waals surface area contributed by atoms with Gasteiger partial charge in [0.2, 0.25) is 11.8 Å². The molecule has 1 aromatic carbocycles. The molecule has 0 saturated carbocycles. The highest BCUT2D eigenvalue weighted by Crippen LogP contribution is 2.19. The first-order chi connectivity index (χ1) is 10.5. The van der Waals surface area contributed by atoms with E-state index in [-0.39, 0.29) is 17.9 Å². The third kappa shape index (κ3) is 4.01. The average Bonchev–Trinajstić information content (AvgIpc) is 2.54. The first-order valence-corrected chi connectivity index (χ1v) is 8.23. The molecular formula is C17H23ClN2O2. The molecule has 1 atom stereocenters. The summed E-state index contributed by atoms with van der Waals surface area (Å²) in [6, 6.07) is 5.32. The Morgan fingerprint density at radius 1 is 1.36 bits per heavy atom. The summed E-state index contributed by atoms with van der Waals surface area (Å²) in [5.41, 5.74) is 2.10. The van der Waals surface area contributed by atoms with Gasteiger partial charge in [-0.2, -0.15) is 0 Å². The Morgan fingerprint density at radius 3 is 2.86 bits per heavy atom. The number of aryl methyl sites for hydroxylation is 1. The Morgan fingerprint density at radius 2 is 2.14 bits per heavy atom. The predicted molar refractivity (Wildman–Crippen MR) is 87.7 cm³/mol. The van der Waals surface area contributed by atoms with Gasteiger partial charge in [-0.1, -0.05) is 24.6 Å². The second kappa shape index (κ2) is 7.63. The second-order valence-corrected chi connectivity index (χ2v) is 6.18. The number of nitrogens with one attached hydrogen (secondary N) is 1. The fourth-order valence-corrected chi connectivity index (χ4v) is 3.03. The van der Waals surface area contributed by atoms with Crippen molar-refractivity contribution >= 4 is 23.4 Å². The number of carbonyl (C=O) groups is 2.